The van der Waals surface area contributed by atoms with E-state index in [9.17, 15) is 0 Å². The smallest absolute Gasteiger partial charge is 0 e. The summed E-state index contributed by atoms with van der Waals surface area (Å²) in [6.07, 6.45) is 18.7. The van der Waals surface area contributed by atoms with Gasteiger partial charge in [-0.1, -0.05) is 64.7 Å². The molecule has 0 saturated carbocycles. The molecule has 0 bridgehead atoms. The number of halogens is 2. The molecule has 3 heteroatoms. The Hall–Kier alpha value is 0.774. The summed E-state index contributed by atoms with van der Waals surface area (Å²) in [6.45, 7) is 4.54. The van der Waals surface area contributed by atoms with Crippen LogP contribution in [0.2, 0.25) is 0 Å². The van der Waals surface area contributed by atoms with Crippen molar-refractivity contribution in [1.29, 1.82) is 0 Å². The summed E-state index contributed by atoms with van der Waals surface area (Å²) in [7, 11) is 0. The second-order valence-electron chi connectivity index (χ2n) is 4.59. The van der Waals surface area contributed by atoms with Crippen molar-refractivity contribution < 1.29 is 21.7 Å². The van der Waals surface area contributed by atoms with E-state index < -0.39 is 0 Å². The van der Waals surface area contributed by atoms with Gasteiger partial charge in [0.25, 0.3) is 0 Å². The molecule has 0 N–H and O–H groups in total. The maximum absolute atomic E-state index is 3.43. The molecule has 1 aliphatic carbocycles. The molecule has 0 saturated heterocycles. The average Bonchev–Trinajstić information content (AvgIpc) is 2.67. The van der Waals surface area contributed by atoms with Gasteiger partial charge in [-0.3, -0.25) is 6.08 Å². The Morgan fingerprint density at radius 3 is 2.22 bits per heavy atom. The number of unbranched alkanes of at least 4 members (excludes halogenated alkanes) is 4. The first-order valence-electron chi connectivity index (χ1n) is 6.67. The molecule has 1 rings (SSSR count). The van der Waals surface area contributed by atoms with Gasteiger partial charge >= 0.3 is 0 Å². The van der Waals surface area contributed by atoms with Gasteiger partial charge in [-0.25, -0.2) is 12.2 Å². The van der Waals surface area contributed by atoms with Gasteiger partial charge in [0.15, 0.2) is 0 Å². The van der Waals surface area contributed by atoms with Crippen LogP contribution in [0.15, 0.2) is 17.7 Å². The zero-order valence-corrected chi connectivity index (χ0v) is 14.9. The molecular formula is C15H27Cl2Ti-. The van der Waals surface area contributed by atoms with E-state index in [1.165, 1.54) is 51.4 Å². The summed E-state index contributed by atoms with van der Waals surface area (Å²) < 4.78 is 0. The van der Waals surface area contributed by atoms with Gasteiger partial charge in [0.1, 0.15) is 0 Å². The monoisotopic (exact) mass is 325 g/mol. The molecule has 0 heterocycles. The van der Waals surface area contributed by atoms with Crippen molar-refractivity contribution in [2.24, 2.45) is 5.92 Å². The van der Waals surface area contributed by atoms with E-state index in [1.54, 1.807) is 5.57 Å². The van der Waals surface area contributed by atoms with Crippen LogP contribution in [0.4, 0.5) is 0 Å². The number of hydrogen-bond donors (Lipinski definition) is 0. The van der Waals surface area contributed by atoms with Crippen LogP contribution in [0.1, 0.15) is 65.2 Å². The van der Waals surface area contributed by atoms with Crippen molar-refractivity contribution in [3.05, 3.63) is 23.8 Å². The van der Waals surface area contributed by atoms with Crippen LogP contribution in [0, 0.1) is 12.0 Å². The number of rotatable bonds is 8. The van der Waals surface area contributed by atoms with E-state index in [4.69, 9.17) is 0 Å². The minimum Gasteiger partial charge on any atom is -0.253 e. The summed E-state index contributed by atoms with van der Waals surface area (Å²) in [5.74, 6) is 0.730. The molecule has 0 aromatic rings. The number of allylic oxidation sites excluding steroid dienone is 4. The Balaban J connectivity index is -0.000000750. The first-order chi connectivity index (χ1) is 7.38. The fourth-order valence-corrected chi connectivity index (χ4v) is 2.20. The molecule has 0 aromatic carbocycles. The van der Waals surface area contributed by atoms with E-state index in [2.05, 4.69) is 32.1 Å². The Bertz CT molecular complexity index is 225. The SMILES string of the molecule is CCCCCC1=[C-]C=CC1CCCCC.Cl.Cl.[Ti]. The van der Waals surface area contributed by atoms with Crippen LogP contribution in [-0.4, -0.2) is 0 Å². The average molecular weight is 326 g/mol. The van der Waals surface area contributed by atoms with Crippen LogP contribution in [0.25, 0.3) is 0 Å². The van der Waals surface area contributed by atoms with Crippen LogP contribution in [0.3, 0.4) is 0 Å². The Morgan fingerprint density at radius 1 is 1.00 bits per heavy atom. The van der Waals surface area contributed by atoms with Crippen LogP contribution in [-0.2, 0) is 21.7 Å². The minimum absolute atomic E-state index is 0. The molecule has 106 valence electrons. The first-order valence-corrected chi connectivity index (χ1v) is 6.67. The summed E-state index contributed by atoms with van der Waals surface area (Å²) in [4.78, 5) is 0. The van der Waals surface area contributed by atoms with E-state index in [-0.39, 0.29) is 46.5 Å². The molecule has 0 spiro atoms. The molecule has 1 atom stereocenters. The Kier molecular flexibility index (Phi) is 21.0. The molecule has 0 amide bonds. The predicted molar refractivity (Wildman–Crippen MR) is 82.2 cm³/mol. The largest absolute Gasteiger partial charge is 0.253 e. The van der Waals surface area contributed by atoms with E-state index >= 15 is 0 Å². The molecule has 1 aliphatic rings. The van der Waals surface area contributed by atoms with Crippen molar-refractivity contribution in [2.75, 3.05) is 0 Å². The minimum atomic E-state index is 0. The van der Waals surface area contributed by atoms with Crippen molar-refractivity contribution in [1.82, 2.24) is 0 Å². The third kappa shape index (κ3) is 9.67. The van der Waals surface area contributed by atoms with Crippen molar-refractivity contribution in [3.63, 3.8) is 0 Å². The Morgan fingerprint density at radius 2 is 1.61 bits per heavy atom. The number of hydrogen-bond acceptors (Lipinski definition) is 0. The van der Waals surface area contributed by atoms with Gasteiger partial charge < -0.3 is 0 Å². The molecule has 0 nitrogen and oxygen atoms in total. The molecule has 0 radical (unpaired) electrons. The molecule has 0 aromatic heterocycles. The summed E-state index contributed by atoms with van der Waals surface area (Å²) in [5.41, 5.74) is 1.57. The summed E-state index contributed by atoms with van der Waals surface area (Å²) in [5, 5.41) is 0. The molecule has 0 fully saturated rings. The predicted octanol–water partition coefficient (Wildman–Crippen LogP) is 5.90. The fourth-order valence-electron chi connectivity index (χ4n) is 2.20. The maximum Gasteiger partial charge on any atom is 0 e. The van der Waals surface area contributed by atoms with Crippen LogP contribution < -0.4 is 0 Å². The standard InChI is InChI=1S/C15H25.2ClH.Ti/c1-3-5-7-10-14-12-9-13-15(14)11-8-6-4-2;;;/h9,12,14H,3-8,10-11H2,1-2H3;2*1H;/q-1;;;. The first kappa shape index (κ1) is 23.8. The van der Waals surface area contributed by atoms with Crippen molar-refractivity contribution in [3.8, 4) is 0 Å². The second kappa shape index (κ2) is 15.8. The summed E-state index contributed by atoms with van der Waals surface area (Å²) in [6, 6.07) is 0. The van der Waals surface area contributed by atoms with Crippen molar-refractivity contribution >= 4 is 24.8 Å². The third-order valence-corrected chi connectivity index (χ3v) is 3.21. The molecular weight excluding hydrogens is 299 g/mol. The zero-order valence-electron chi connectivity index (χ0n) is 11.7. The van der Waals surface area contributed by atoms with Crippen molar-refractivity contribution in [2.45, 2.75) is 65.2 Å². The van der Waals surface area contributed by atoms with E-state index in [0.29, 0.717) is 0 Å². The summed E-state index contributed by atoms with van der Waals surface area (Å²) >= 11 is 0. The van der Waals surface area contributed by atoms with Gasteiger partial charge in [-0.15, -0.1) is 24.8 Å². The van der Waals surface area contributed by atoms with Gasteiger partial charge in [0.2, 0.25) is 0 Å². The molecule has 18 heavy (non-hydrogen) atoms. The van der Waals surface area contributed by atoms with E-state index in [1.807, 2.05) is 0 Å². The van der Waals surface area contributed by atoms with Gasteiger partial charge in [0, 0.05) is 21.7 Å². The van der Waals surface area contributed by atoms with Crippen LogP contribution >= 0.6 is 24.8 Å². The third-order valence-electron chi connectivity index (χ3n) is 3.21. The van der Waals surface area contributed by atoms with Crippen LogP contribution in [0.5, 0.6) is 0 Å². The molecule has 1 unspecified atom stereocenters. The van der Waals surface area contributed by atoms with Gasteiger partial charge in [-0.05, 0) is 6.42 Å². The topological polar surface area (TPSA) is 0 Å². The van der Waals surface area contributed by atoms with Gasteiger partial charge in [0.05, 0.1) is 0 Å². The maximum atomic E-state index is 3.43. The van der Waals surface area contributed by atoms with Gasteiger partial charge in [-0.2, -0.15) is 5.57 Å². The molecule has 0 aliphatic heterocycles. The fraction of sp³-hybridized carbons (Fsp3) is 0.733. The second-order valence-corrected chi connectivity index (χ2v) is 4.59. The normalized spacial score (nSPS) is 16.3. The Labute approximate surface area is 141 Å². The quantitative estimate of drug-likeness (QED) is 0.296. The van der Waals surface area contributed by atoms with E-state index in [0.717, 1.165) is 5.92 Å². The zero-order chi connectivity index (χ0) is 10.9.